The molecular formula is C24H25NO4. The molecule has 1 aromatic heterocycles. The number of carbonyl (C=O) groups is 1. The van der Waals surface area contributed by atoms with Crippen LogP contribution in [0.3, 0.4) is 0 Å². The van der Waals surface area contributed by atoms with Crippen LogP contribution in [0.2, 0.25) is 0 Å². The van der Waals surface area contributed by atoms with Gasteiger partial charge in [-0.2, -0.15) is 0 Å². The summed E-state index contributed by atoms with van der Waals surface area (Å²) in [6, 6.07) is 4.82. The Bertz CT molecular complexity index is 1030. The fraction of sp³-hybridized carbons (Fsp3) is 0.458. The molecule has 0 bridgehead atoms. The van der Waals surface area contributed by atoms with Gasteiger partial charge in [-0.15, -0.1) is 6.58 Å². The monoisotopic (exact) mass is 391 g/mol. The molecule has 2 aliphatic heterocycles. The minimum Gasteiger partial charge on any atom is -0.493 e. The van der Waals surface area contributed by atoms with E-state index >= 15 is 0 Å². The van der Waals surface area contributed by atoms with Crippen LogP contribution in [0.4, 0.5) is 0 Å². The predicted molar refractivity (Wildman–Crippen MR) is 108 cm³/mol. The summed E-state index contributed by atoms with van der Waals surface area (Å²) < 4.78 is 17.6. The van der Waals surface area contributed by atoms with Gasteiger partial charge >= 0.3 is 0 Å². The van der Waals surface area contributed by atoms with Gasteiger partial charge in [-0.25, -0.2) is 0 Å². The van der Waals surface area contributed by atoms with E-state index in [4.69, 9.17) is 13.9 Å². The molecule has 3 heterocycles. The molecule has 2 aliphatic carbocycles. The van der Waals surface area contributed by atoms with Crippen molar-refractivity contribution in [3.05, 3.63) is 48.4 Å². The number of ketones is 1. The average Bonchev–Trinajstić information content (AvgIpc) is 3.10. The molecule has 150 valence electrons. The summed E-state index contributed by atoms with van der Waals surface area (Å²) in [5.74, 6) is 2.14. The minimum atomic E-state index is -0.402. The lowest BCUT2D eigenvalue weighted by Gasteiger charge is -2.46. The molecule has 0 amide bonds. The maximum absolute atomic E-state index is 13.0. The Hall–Kier alpha value is -2.53. The highest BCUT2D eigenvalue weighted by Crippen LogP contribution is 2.70. The van der Waals surface area contributed by atoms with E-state index < -0.39 is 6.10 Å². The van der Waals surface area contributed by atoms with Gasteiger partial charge in [-0.3, -0.25) is 9.69 Å². The summed E-state index contributed by atoms with van der Waals surface area (Å²) in [7, 11) is 1.67. The van der Waals surface area contributed by atoms with Crippen molar-refractivity contribution in [2.45, 2.75) is 49.8 Å². The van der Waals surface area contributed by atoms with Gasteiger partial charge in [-0.1, -0.05) is 13.0 Å². The van der Waals surface area contributed by atoms with Gasteiger partial charge < -0.3 is 13.9 Å². The molecule has 5 unspecified atom stereocenters. The lowest BCUT2D eigenvalue weighted by Crippen LogP contribution is -2.55. The maximum Gasteiger partial charge on any atom is 0.174 e. The first-order valence-corrected chi connectivity index (χ1v) is 10.5. The molecule has 6 atom stereocenters. The number of ether oxygens (including phenoxy) is 2. The average molecular weight is 391 g/mol. The second-order valence-corrected chi connectivity index (χ2v) is 8.68. The predicted octanol–water partition coefficient (Wildman–Crippen LogP) is 4.27. The summed E-state index contributed by atoms with van der Waals surface area (Å²) in [5.41, 5.74) is 4.41. The van der Waals surface area contributed by atoms with Gasteiger partial charge in [-0.05, 0) is 42.0 Å². The number of fused-ring (bicyclic) bond motifs is 3. The zero-order chi connectivity index (χ0) is 19.9. The highest BCUT2D eigenvalue weighted by atomic mass is 16.5. The first kappa shape index (κ1) is 17.3. The molecule has 1 saturated heterocycles. The van der Waals surface area contributed by atoms with Crippen LogP contribution in [0.25, 0.3) is 11.1 Å². The van der Waals surface area contributed by atoms with Crippen molar-refractivity contribution in [2.75, 3.05) is 13.7 Å². The largest absolute Gasteiger partial charge is 0.493 e. The van der Waals surface area contributed by atoms with Crippen LogP contribution in [0.15, 0.2) is 41.7 Å². The van der Waals surface area contributed by atoms with Crippen LogP contribution < -0.4 is 9.47 Å². The number of nitrogens with zero attached hydrogens (tertiary/aromatic N) is 1. The number of methoxy groups -OCH3 is 1. The summed E-state index contributed by atoms with van der Waals surface area (Å²) >= 11 is 0. The van der Waals surface area contributed by atoms with Crippen LogP contribution in [-0.2, 0) is 10.2 Å². The van der Waals surface area contributed by atoms with Gasteiger partial charge in [0, 0.05) is 35.5 Å². The molecule has 0 N–H and O–H groups in total. The van der Waals surface area contributed by atoms with Crippen LogP contribution >= 0.6 is 0 Å². The third-order valence-corrected chi connectivity index (χ3v) is 7.77. The van der Waals surface area contributed by atoms with Gasteiger partial charge in [0.05, 0.1) is 25.7 Å². The summed E-state index contributed by atoms with van der Waals surface area (Å²) in [6.07, 6.45) is 7.50. The molecule has 0 spiro atoms. The molecule has 2 aromatic rings. The van der Waals surface area contributed by atoms with E-state index in [0.717, 1.165) is 36.3 Å². The van der Waals surface area contributed by atoms with Crippen molar-refractivity contribution in [1.82, 2.24) is 4.90 Å². The molecule has 0 radical (unpaired) electrons. The van der Waals surface area contributed by atoms with Crippen molar-refractivity contribution in [2.24, 2.45) is 5.92 Å². The summed E-state index contributed by atoms with van der Waals surface area (Å²) in [4.78, 5) is 15.6. The van der Waals surface area contributed by atoms with Gasteiger partial charge in [0.25, 0.3) is 0 Å². The number of hydrogen-bond acceptors (Lipinski definition) is 5. The Labute approximate surface area is 170 Å². The number of furan rings is 1. The SMILES string of the molecule is C=CCN1C2c3c(-c4ccoc4)cc(OC)c4c3[C@]3(CC)C(O4)C(=O)CCC3C21. The van der Waals surface area contributed by atoms with Crippen LogP contribution in [0.5, 0.6) is 11.5 Å². The van der Waals surface area contributed by atoms with Crippen LogP contribution in [0, 0.1) is 5.92 Å². The van der Waals surface area contributed by atoms with E-state index in [1.54, 1.807) is 19.6 Å². The van der Waals surface area contributed by atoms with E-state index in [-0.39, 0.29) is 11.2 Å². The van der Waals surface area contributed by atoms with Crippen molar-refractivity contribution < 1.29 is 18.7 Å². The molecule has 1 aromatic carbocycles. The third kappa shape index (κ3) is 1.92. The standard InChI is InChI=1S/C24H25NO4/c1-4-9-25-20-15-6-7-16(26)23-24(15,5-2)19-18(21(20)25)14(13-8-10-28-12-13)11-17(27-3)22(19)29-23/h4,8,10-12,15,20-21,23H,1,5-7,9H2,2-3H3/t15?,20?,21?,23?,24-,25?/m1/s1. The van der Waals surface area contributed by atoms with E-state index in [2.05, 4.69) is 24.5 Å². The topological polar surface area (TPSA) is 51.7 Å². The summed E-state index contributed by atoms with van der Waals surface area (Å²) in [6.45, 7) is 7.04. The first-order valence-electron chi connectivity index (χ1n) is 10.5. The third-order valence-electron chi connectivity index (χ3n) is 7.77. The Morgan fingerprint density at radius 1 is 1.45 bits per heavy atom. The van der Waals surface area contributed by atoms with E-state index in [0.29, 0.717) is 30.2 Å². The molecule has 4 aliphatic rings. The fourth-order valence-corrected chi connectivity index (χ4v) is 6.69. The molecule has 5 nitrogen and oxygen atoms in total. The normalized spacial score (nSPS) is 35.5. The Kier molecular flexibility index (Phi) is 3.44. The number of hydrogen-bond donors (Lipinski definition) is 0. The van der Waals surface area contributed by atoms with Crippen molar-refractivity contribution in [3.63, 3.8) is 0 Å². The Morgan fingerprint density at radius 2 is 2.31 bits per heavy atom. The number of Topliss-reactive ketones (excluding diaryl/α,β-unsaturated/α-hetero) is 1. The van der Waals surface area contributed by atoms with Gasteiger partial charge in [0.2, 0.25) is 0 Å². The van der Waals surface area contributed by atoms with Crippen molar-refractivity contribution in [3.8, 4) is 22.6 Å². The van der Waals surface area contributed by atoms with E-state index in [9.17, 15) is 4.79 Å². The zero-order valence-corrected chi connectivity index (χ0v) is 16.8. The molecule has 1 saturated carbocycles. The second kappa shape index (κ2) is 5.76. The molecular weight excluding hydrogens is 366 g/mol. The Balaban J connectivity index is 1.69. The number of carbonyl (C=O) groups excluding carboxylic acids is 1. The van der Waals surface area contributed by atoms with Crippen LogP contribution in [-0.4, -0.2) is 36.5 Å². The number of rotatable bonds is 5. The van der Waals surface area contributed by atoms with E-state index in [1.165, 1.54) is 11.1 Å². The maximum atomic E-state index is 13.0. The van der Waals surface area contributed by atoms with Crippen LogP contribution in [0.1, 0.15) is 43.4 Å². The number of benzene rings is 1. The van der Waals surface area contributed by atoms with Gasteiger partial charge in [0.1, 0.15) is 0 Å². The molecule has 29 heavy (non-hydrogen) atoms. The second-order valence-electron chi connectivity index (χ2n) is 8.68. The minimum absolute atomic E-state index is 0.228. The summed E-state index contributed by atoms with van der Waals surface area (Å²) in [5, 5.41) is 0. The van der Waals surface area contributed by atoms with Crippen molar-refractivity contribution in [1.29, 1.82) is 0 Å². The lowest BCUT2D eigenvalue weighted by molar-refractivity contribution is -0.133. The molecule has 5 heteroatoms. The highest BCUT2D eigenvalue weighted by molar-refractivity contribution is 5.90. The lowest BCUT2D eigenvalue weighted by atomic mass is 9.55. The molecule has 2 fully saturated rings. The first-order chi connectivity index (χ1) is 14.2. The fourth-order valence-electron chi connectivity index (χ4n) is 6.69. The van der Waals surface area contributed by atoms with E-state index in [1.807, 2.05) is 12.1 Å². The Morgan fingerprint density at radius 3 is 3.00 bits per heavy atom. The zero-order valence-electron chi connectivity index (χ0n) is 16.8. The quantitative estimate of drug-likeness (QED) is 0.563. The smallest absolute Gasteiger partial charge is 0.174 e. The van der Waals surface area contributed by atoms with Crippen molar-refractivity contribution >= 4 is 5.78 Å². The van der Waals surface area contributed by atoms with Gasteiger partial charge in [0.15, 0.2) is 23.4 Å². The highest BCUT2D eigenvalue weighted by Gasteiger charge is 2.71. The molecule has 6 rings (SSSR count).